The molecule has 24 heavy (non-hydrogen) atoms. The van der Waals surface area contributed by atoms with Gasteiger partial charge in [0.05, 0.1) is 32.2 Å². The van der Waals surface area contributed by atoms with E-state index in [2.05, 4.69) is 0 Å². The lowest BCUT2D eigenvalue weighted by Gasteiger charge is -2.26. The van der Waals surface area contributed by atoms with Crippen molar-refractivity contribution in [3.05, 3.63) is 60.2 Å². The summed E-state index contributed by atoms with van der Waals surface area (Å²) in [4.78, 5) is 17.8. The van der Waals surface area contributed by atoms with Crippen molar-refractivity contribution in [3.8, 4) is 11.5 Å². The maximum atomic E-state index is 12.3. The molecule has 0 spiro atoms. The van der Waals surface area contributed by atoms with Crippen LogP contribution in [0, 0.1) is 0 Å². The van der Waals surface area contributed by atoms with Crippen molar-refractivity contribution < 1.29 is 19.1 Å². The zero-order chi connectivity index (χ0) is 16.8. The molecule has 1 unspecified atom stereocenters. The monoisotopic (exact) mass is 327 g/mol. The van der Waals surface area contributed by atoms with Gasteiger partial charge in [0, 0.05) is 0 Å². The summed E-state index contributed by atoms with van der Waals surface area (Å²) in [5, 5.41) is 1.66. The van der Waals surface area contributed by atoms with Gasteiger partial charge < -0.3 is 14.3 Å². The fourth-order valence-corrected chi connectivity index (χ4v) is 2.45. The number of carbonyl (C=O) groups excluding carboxylic acids is 1. The Morgan fingerprint density at radius 2 is 1.75 bits per heavy atom. The highest BCUT2D eigenvalue weighted by molar-refractivity contribution is 5.77. The molecule has 0 N–H and O–H groups in total. The van der Waals surface area contributed by atoms with E-state index in [0.717, 1.165) is 11.3 Å². The second kappa shape index (κ2) is 7.95. The minimum Gasteiger partial charge on any atom is -0.457 e. The van der Waals surface area contributed by atoms with E-state index in [1.54, 1.807) is 5.06 Å². The van der Waals surface area contributed by atoms with E-state index < -0.39 is 0 Å². The van der Waals surface area contributed by atoms with Gasteiger partial charge in [0.25, 0.3) is 0 Å². The van der Waals surface area contributed by atoms with Gasteiger partial charge in [-0.3, -0.25) is 0 Å². The minimum absolute atomic E-state index is 0.270. The zero-order valence-corrected chi connectivity index (χ0v) is 13.7. The Bertz CT molecular complexity index is 668. The molecule has 1 aliphatic rings. The molecule has 0 amide bonds. The van der Waals surface area contributed by atoms with Gasteiger partial charge in [0.2, 0.25) is 0 Å². The average molecular weight is 327 g/mol. The van der Waals surface area contributed by atoms with Crippen LogP contribution in [0.3, 0.4) is 0 Å². The molecule has 1 saturated heterocycles. The second-order valence-corrected chi connectivity index (χ2v) is 5.66. The van der Waals surface area contributed by atoms with Crippen molar-refractivity contribution in [3.63, 3.8) is 0 Å². The second-order valence-electron chi connectivity index (χ2n) is 5.66. The molecule has 5 nitrogen and oxygen atoms in total. The molecular formula is C19H21NO4. The van der Waals surface area contributed by atoms with E-state index in [1.807, 2.05) is 61.5 Å². The van der Waals surface area contributed by atoms with Gasteiger partial charge in [0.15, 0.2) is 0 Å². The van der Waals surface area contributed by atoms with Crippen LogP contribution in [0.1, 0.15) is 18.4 Å². The maximum absolute atomic E-state index is 12.3. The van der Waals surface area contributed by atoms with E-state index in [1.165, 1.54) is 0 Å². The number of ether oxygens (including phenoxy) is 2. The third-order valence-corrected chi connectivity index (χ3v) is 3.88. The van der Waals surface area contributed by atoms with Crippen LogP contribution in [0.4, 0.5) is 0 Å². The Balaban J connectivity index is 1.64. The molecule has 0 aromatic heterocycles. The predicted octanol–water partition coefficient (Wildman–Crippen LogP) is 3.37. The Kier molecular flexibility index (Phi) is 5.46. The molecule has 1 aliphatic heterocycles. The van der Waals surface area contributed by atoms with Crippen molar-refractivity contribution in [2.45, 2.75) is 12.8 Å². The lowest BCUT2D eigenvalue weighted by atomic mass is 10.0. The van der Waals surface area contributed by atoms with Gasteiger partial charge in [-0.15, -0.1) is 5.06 Å². The first kappa shape index (κ1) is 16.5. The molecule has 1 heterocycles. The van der Waals surface area contributed by atoms with Crippen molar-refractivity contribution in [1.82, 2.24) is 5.06 Å². The summed E-state index contributed by atoms with van der Waals surface area (Å²) < 4.78 is 11.1. The Hall–Kier alpha value is -2.37. The quantitative estimate of drug-likeness (QED) is 0.842. The summed E-state index contributed by atoms with van der Waals surface area (Å²) in [6, 6.07) is 17.1. The smallest absolute Gasteiger partial charge is 0.332 e. The van der Waals surface area contributed by atoms with E-state index in [4.69, 9.17) is 14.3 Å². The van der Waals surface area contributed by atoms with Crippen LogP contribution in [-0.2, 0) is 14.4 Å². The third kappa shape index (κ3) is 4.34. The first-order valence-electron chi connectivity index (χ1n) is 8.10. The number of benzene rings is 2. The van der Waals surface area contributed by atoms with Crippen LogP contribution in [0.25, 0.3) is 0 Å². The highest BCUT2D eigenvalue weighted by Crippen LogP contribution is 2.26. The van der Waals surface area contributed by atoms with Gasteiger partial charge in [0.1, 0.15) is 11.5 Å². The lowest BCUT2D eigenvalue weighted by molar-refractivity contribution is -0.206. The molecule has 2 aromatic rings. The Morgan fingerprint density at radius 3 is 2.50 bits per heavy atom. The summed E-state index contributed by atoms with van der Waals surface area (Å²) in [6.07, 6.45) is 0. The maximum Gasteiger partial charge on any atom is 0.332 e. The molecule has 0 saturated carbocycles. The van der Waals surface area contributed by atoms with Gasteiger partial charge >= 0.3 is 5.97 Å². The fraction of sp³-hybridized carbons (Fsp3) is 0.316. The number of hydrogen-bond acceptors (Lipinski definition) is 5. The van der Waals surface area contributed by atoms with Gasteiger partial charge in [-0.2, -0.15) is 0 Å². The zero-order valence-electron chi connectivity index (χ0n) is 13.7. The van der Waals surface area contributed by atoms with Crippen LogP contribution in [-0.4, -0.2) is 37.3 Å². The van der Waals surface area contributed by atoms with Gasteiger partial charge in [-0.05, 0) is 36.8 Å². The molecule has 1 atom stereocenters. The van der Waals surface area contributed by atoms with Gasteiger partial charge in [-0.25, -0.2) is 4.79 Å². The number of morpholine rings is 1. The fourth-order valence-electron chi connectivity index (χ4n) is 2.45. The minimum atomic E-state index is -0.368. The highest BCUT2D eigenvalue weighted by Gasteiger charge is 2.22. The van der Waals surface area contributed by atoms with Crippen molar-refractivity contribution in [2.75, 3.05) is 26.3 Å². The molecule has 0 aliphatic carbocycles. The number of rotatable bonds is 5. The Morgan fingerprint density at radius 1 is 1.04 bits per heavy atom. The van der Waals surface area contributed by atoms with E-state index >= 15 is 0 Å². The number of carbonyl (C=O) groups is 1. The summed E-state index contributed by atoms with van der Waals surface area (Å²) in [7, 11) is 0. The highest BCUT2D eigenvalue weighted by atomic mass is 16.7. The largest absolute Gasteiger partial charge is 0.457 e. The number of hydrogen-bond donors (Lipinski definition) is 0. The standard InChI is InChI=1S/C19H21NO4/c1-15(19(21)24-20-10-12-22-13-11-20)16-6-5-9-18(14-16)23-17-7-3-2-4-8-17/h2-9,14-15H,10-13H2,1H3. The van der Waals surface area contributed by atoms with E-state index in [-0.39, 0.29) is 11.9 Å². The summed E-state index contributed by atoms with van der Waals surface area (Å²) in [5.74, 6) is 0.823. The third-order valence-electron chi connectivity index (χ3n) is 3.88. The number of para-hydroxylation sites is 1. The van der Waals surface area contributed by atoms with E-state index in [0.29, 0.717) is 32.1 Å². The van der Waals surface area contributed by atoms with Crippen LogP contribution in [0.15, 0.2) is 54.6 Å². The first-order chi connectivity index (χ1) is 11.7. The molecule has 5 heteroatoms. The number of nitrogens with zero attached hydrogens (tertiary/aromatic N) is 1. The number of hydroxylamine groups is 2. The summed E-state index contributed by atoms with van der Waals surface area (Å²) in [5.41, 5.74) is 0.863. The van der Waals surface area contributed by atoms with Gasteiger partial charge in [-0.1, -0.05) is 30.3 Å². The van der Waals surface area contributed by atoms with E-state index in [9.17, 15) is 4.79 Å². The predicted molar refractivity (Wildman–Crippen MR) is 89.9 cm³/mol. The normalized spacial score (nSPS) is 16.4. The van der Waals surface area contributed by atoms with Crippen LogP contribution < -0.4 is 4.74 Å². The van der Waals surface area contributed by atoms with Crippen molar-refractivity contribution in [2.24, 2.45) is 0 Å². The molecular weight excluding hydrogens is 306 g/mol. The SMILES string of the molecule is CC(C(=O)ON1CCOCC1)c1cccc(Oc2ccccc2)c1. The average Bonchev–Trinajstić information content (AvgIpc) is 2.63. The lowest BCUT2D eigenvalue weighted by Crippen LogP contribution is -2.38. The summed E-state index contributed by atoms with van der Waals surface area (Å²) in [6.45, 7) is 4.22. The van der Waals surface area contributed by atoms with Crippen molar-refractivity contribution in [1.29, 1.82) is 0 Å². The molecule has 0 bridgehead atoms. The summed E-state index contributed by atoms with van der Waals surface area (Å²) >= 11 is 0. The van der Waals surface area contributed by atoms with Crippen LogP contribution >= 0.6 is 0 Å². The van der Waals surface area contributed by atoms with Crippen molar-refractivity contribution >= 4 is 5.97 Å². The molecule has 0 radical (unpaired) electrons. The molecule has 1 fully saturated rings. The van der Waals surface area contributed by atoms with Crippen LogP contribution in [0.5, 0.6) is 11.5 Å². The molecule has 3 rings (SSSR count). The Labute approximate surface area is 141 Å². The molecule has 2 aromatic carbocycles. The molecule has 126 valence electrons. The topological polar surface area (TPSA) is 48.0 Å². The first-order valence-corrected chi connectivity index (χ1v) is 8.10. The van der Waals surface area contributed by atoms with Crippen LogP contribution in [0.2, 0.25) is 0 Å².